The summed E-state index contributed by atoms with van der Waals surface area (Å²) in [6, 6.07) is 7.83. The topological polar surface area (TPSA) is 565 Å². The van der Waals surface area contributed by atoms with E-state index in [2.05, 4.69) is 53.8 Å². The highest BCUT2D eigenvalue weighted by Gasteiger charge is 2.55. The van der Waals surface area contributed by atoms with Gasteiger partial charge in [0.25, 0.3) is 22.6 Å². The highest BCUT2D eigenvalue weighted by atomic mass is 31.3. The molecular weight excluding hydrogens is 1200 g/mol. The third-order valence-electron chi connectivity index (χ3n) is 13.4. The number of phosphoric acid groups is 3. The van der Waals surface area contributed by atoms with Crippen molar-refractivity contribution >= 4 is 88.2 Å². The number of imidazole rings is 3. The minimum Gasteiger partial charge on any atom is -0.778 e. The smallest absolute Gasteiger partial charge is 0.490 e. The zero-order valence-corrected chi connectivity index (χ0v) is 46.1. The molecule has 3 aliphatic rings. The van der Waals surface area contributed by atoms with Crippen molar-refractivity contribution < 1.29 is 104 Å². The quantitative estimate of drug-likeness (QED) is 0.0244. The third-order valence-corrected chi connectivity index (χ3v) is 19.5. The van der Waals surface area contributed by atoms with Gasteiger partial charge >= 0.3 is 29.0 Å². The number of carbonyl (C=O) groups is 1. The van der Waals surface area contributed by atoms with Gasteiger partial charge in [0.1, 0.15) is 50.0 Å². The van der Waals surface area contributed by atoms with Gasteiger partial charge in [-0.05, 0) is 12.1 Å². The van der Waals surface area contributed by atoms with Crippen molar-refractivity contribution in [3.63, 3.8) is 0 Å². The number of hydrogen-bond donors (Lipinski definition) is 12. The number of nitrogens with one attached hydrogen (secondary N) is 3. The van der Waals surface area contributed by atoms with E-state index < -0.39 is 147 Å². The second-order valence-corrected chi connectivity index (χ2v) is 25.3. The molecule has 83 heavy (non-hydrogen) atoms. The maximum atomic E-state index is 14.4. The molecule has 4 unspecified atom stereocenters. The number of phosphoric ester groups is 2. The van der Waals surface area contributed by atoms with E-state index in [-0.39, 0.29) is 56.8 Å². The van der Waals surface area contributed by atoms with Crippen molar-refractivity contribution in [1.29, 1.82) is 0 Å². The SMILES string of the molecule is CO[C@@H]1[C@H](P(=O)([O-])OC[C@H]2O[C@@H](n3cnc4c(=O)[nH]c(N)nc43)[C@H](O)[C@@H]2O)[C@@H](COP(=O)(O)OP(=O)(O)OP(=O)(O)OC[C@H]2O[C@@H](n3c[n+](C)c4c(=O)[nH]c(N)nc43)[C@H](O)[C@@H]2CNC(=O)c2ccccc2)O[C@H]1n1cnc2c(N)ncnc21. The lowest BCUT2D eigenvalue weighted by molar-refractivity contribution is -0.646. The van der Waals surface area contributed by atoms with Crippen LogP contribution in [0.4, 0.5) is 17.7 Å². The predicted octanol–water partition coefficient (Wildman–Crippen LogP) is -3.59. The number of methoxy groups -OCH3 is 1. The molecule has 0 saturated carbocycles. The van der Waals surface area contributed by atoms with Gasteiger partial charge in [0, 0.05) is 25.1 Å². The van der Waals surface area contributed by atoms with Gasteiger partial charge in [-0.1, -0.05) is 18.2 Å². The first-order chi connectivity index (χ1) is 39.2. The van der Waals surface area contributed by atoms with E-state index in [1.165, 1.54) is 34.6 Å². The lowest BCUT2D eigenvalue weighted by Crippen LogP contribution is -2.40. The van der Waals surface area contributed by atoms with Crippen LogP contribution >= 0.6 is 31.1 Å². The fraction of sp³-hybridized carbons (Fsp3) is 0.450. The molecule has 15 N–H and O–H groups in total. The number of fused-ring (bicyclic) bond motifs is 3. The zero-order valence-electron chi connectivity index (χ0n) is 42.6. The van der Waals surface area contributed by atoms with Crippen LogP contribution in [0.3, 0.4) is 0 Å². The number of hydrogen-bond acceptors (Lipinski definition) is 29. The van der Waals surface area contributed by atoms with Crippen LogP contribution in [-0.2, 0) is 66.4 Å². The van der Waals surface area contributed by atoms with Crippen LogP contribution in [0.5, 0.6) is 0 Å². The maximum absolute atomic E-state index is 14.4. The van der Waals surface area contributed by atoms with Crippen molar-refractivity contribution in [1.82, 2.24) is 58.9 Å². The van der Waals surface area contributed by atoms with Crippen molar-refractivity contribution in [2.24, 2.45) is 13.0 Å². The highest BCUT2D eigenvalue weighted by Crippen LogP contribution is 2.68. The van der Waals surface area contributed by atoms with Crippen molar-refractivity contribution in [3.8, 4) is 0 Å². The molecule has 3 saturated heterocycles. The predicted molar refractivity (Wildman–Crippen MR) is 272 cm³/mol. The number of aliphatic hydroxyl groups excluding tert-OH is 3. The Balaban J connectivity index is 0.835. The number of nitrogens with two attached hydrogens (primary N) is 3. The number of ether oxygens (including phenoxy) is 4. The monoisotopic (exact) mass is 1250 g/mol. The number of rotatable bonds is 21. The second-order valence-electron chi connectivity index (χ2n) is 18.7. The molecule has 16 atom stereocenters. The van der Waals surface area contributed by atoms with Crippen molar-refractivity contribution in [2.75, 3.05) is 50.7 Å². The number of nitrogens with zero attached hydrogens (tertiary/aromatic N) is 10. The summed E-state index contributed by atoms with van der Waals surface area (Å²) in [6.07, 6.45) is -12.2. The van der Waals surface area contributed by atoms with Gasteiger partial charge in [0.15, 0.2) is 35.1 Å². The van der Waals surface area contributed by atoms with Gasteiger partial charge in [-0.25, -0.2) is 38.2 Å². The molecule has 448 valence electrons. The molecule has 43 heteroatoms. The van der Waals surface area contributed by atoms with Crippen LogP contribution in [0.2, 0.25) is 0 Å². The van der Waals surface area contributed by atoms with Gasteiger partial charge in [-0.15, -0.1) is 0 Å². The summed E-state index contributed by atoms with van der Waals surface area (Å²) in [5, 5.41) is 36.3. The number of aliphatic hydroxyl groups is 3. The standard InChI is InChI=1S/C40H50N16O23P4/c1-53-15-56(32-23(53)35(62)52-40(43)50-32)36-24(57)17(8-44-33(60)16-6-4-3-5-7-16)18(75-36)9-73-81(65,66)78-83(69,70)79-82(67,68)74-11-20-28(27(71-2)38(77-20)54-13-47-21-29(41)45-12-46-30(21)54)80(63,64)72-10-19-25(58)26(59)37(76-19)55-14-48-22-31(55)49-39(42)51-34(22)61/h3-7,12-15,17-20,24-28,36-38,57-59H,8-11H2,1-2H3,(H12-,41,42,43,44,45,46,49,50,51,52,60,61,62,63,64,65,66,67,68,69,70)/t17-,18-,19-,20-,24-,25-,26-,27-,28-,36-,37-,38-/m1/s1. The molecule has 9 heterocycles. The molecule has 39 nitrogen and oxygen atoms in total. The van der Waals surface area contributed by atoms with E-state index in [1.807, 2.05) is 0 Å². The molecule has 10 rings (SSSR count). The number of carbonyl (C=O) groups excluding carboxylic acids is 1. The van der Waals surface area contributed by atoms with Crippen LogP contribution in [-0.4, -0.2) is 171 Å². The average Bonchev–Trinajstić information content (AvgIpc) is 4.30. The van der Waals surface area contributed by atoms with E-state index in [0.29, 0.717) is 0 Å². The van der Waals surface area contributed by atoms with E-state index in [9.17, 15) is 67.5 Å². The molecule has 1 amide bonds. The minimum atomic E-state index is -6.28. The van der Waals surface area contributed by atoms with E-state index >= 15 is 0 Å². The Hall–Kier alpha value is -6.38. The normalized spacial score (nSPS) is 28.5. The van der Waals surface area contributed by atoms with Gasteiger partial charge in [-0.3, -0.25) is 42.5 Å². The average molecular weight is 1250 g/mol. The first kappa shape index (κ1) is 59.8. The lowest BCUT2D eigenvalue weighted by Gasteiger charge is -2.35. The number of benzene rings is 1. The number of H-pyrrole nitrogens is 2. The number of anilines is 3. The second kappa shape index (κ2) is 22.9. The number of aromatic nitrogens is 12. The van der Waals surface area contributed by atoms with E-state index in [1.54, 1.807) is 18.2 Å². The summed E-state index contributed by atoms with van der Waals surface area (Å²) in [7, 11) is -21.3. The number of aryl methyl sites for hydroxylation is 1. The minimum absolute atomic E-state index is 0.0131. The fourth-order valence-electron chi connectivity index (χ4n) is 9.72. The number of amides is 1. The Kier molecular flexibility index (Phi) is 16.5. The summed E-state index contributed by atoms with van der Waals surface area (Å²) in [5.41, 5.74) is 13.6. The molecule has 0 aliphatic carbocycles. The first-order valence-corrected chi connectivity index (χ1v) is 30.2. The van der Waals surface area contributed by atoms with Crippen LogP contribution in [0, 0.1) is 5.92 Å². The summed E-state index contributed by atoms with van der Waals surface area (Å²) in [5.74, 6) is -2.59. The fourth-order valence-corrected chi connectivity index (χ4v) is 15.0. The lowest BCUT2D eigenvalue weighted by atomic mass is 9.98. The van der Waals surface area contributed by atoms with E-state index in [0.717, 1.165) is 35.2 Å². The number of aromatic amines is 2. The summed E-state index contributed by atoms with van der Waals surface area (Å²) >= 11 is 0. The molecule has 0 radical (unpaired) electrons. The summed E-state index contributed by atoms with van der Waals surface area (Å²) in [4.78, 5) is 114. The Labute approximate surface area is 462 Å². The van der Waals surface area contributed by atoms with Crippen molar-refractivity contribution in [2.45, 2.75) is 67.1 Å². The zero-order chi connectivity index (χ0) is 59.7. The van der Waals surface area contributed by atoms with Crippen LogP contribution in [0.15, 0.2) is 65.2 Å². The first-order valence-electron chi connectivity index (χ1n) is 24.1. The van der Waals surface area contributed by atoms with E-state index in [4.69, 9.17) is 49.7 Å². The molecule has 0 bridgehead atoms. The van der Waals surface area contributed by atoms with Crippen LogP contribution in [0.1, 0.15) is 29.0 Å². The molecule has 6 aromatic heterocycles. The van der Waals surface area contributed by atoms with Gasteiger partial charge < -0.3 is 85.4 Å². The van der Waals surface area contributed by atoms with Crippen molar-refractivity contribution in [3.05, 3.63) is 81.9 Å². The number of nitrogen functional groups attached to an aromatic ring is 3. The molecule has 7 aromatic rings. The Morgan fingerprint density at radius 3 is 1.98 bits per heavy atom. The van der Waals surface area contributed by atoms with Gasteiger partial charge in [-0.2, -0.15) is 23.2 Å². The largest absolute Gasteiger partial charge is 0.778 e. The summed E-state index contributed by atoms with van der Waals surface area (Å²) < 4.78 is 107. The Bertz CT molecular complexity index is 3920. The van der Waals surface area contributed by atoms with Gasteiger partial charge in [0.2, 0.25) is 24.5 Å². The molecular formula is C40H50N16O23P4. The molecule has 0 spiro atoms. The Morgan fingerprint density at radius 2 is 1.30 bits per heavy atom. The Morgan fingerprint density at radius 1 is 0.723 bits per heavy atom. The molecule has 3 aliphatic heterocycles. The van der Waals surface area contributed by atoms with Crippen LogP contribution < -0.4 is 43.1 Å². The maximum Gasteiger partial charge on any atom is 0.490 e. The molecule has 1 aromatic carbocycles. The van der Waals surface area contributed by atoms with Gasteiger partial charge in [0.05, 0.1) is 57.4 Å². The molecule has 3 fully saturated rings. The van der Waals surface area contributed by atoms with Crippen LogP contribution in [0.25, 0.3) is 33.5 Å². The highest BCUT2D eigenvalue weighted by molar-refractivity contribution is 7.66. The summed E-state index contributed by atoms with van der Waals surface area (Å²) in [6.45, 7) is -3.86. The third kappa shape index (κ3) is 12.0.